The van der Waals surface area contributed by atoms with Gasteiger partial charge in [0.25, 0.3) is 0 Å². The van der Waals surface area contributed by atoms with Gasteiger partial charge in [-0.3, -0.25) is 0 Å². The molecule has 0 spiro atoms. The highest BCUT2D eigenvalue weighted by Gasteiger charge is 2.17. The molecule has 0 aliphatic carbocycles. The summed E-state index contributed by atoms with van der Waals surface area (Å²) in [6.07, 6.45) is 0.861. The van der Waals surface area contributed by atoms with Crippen molar-refractivity contribution in [2.24, 2.45) is 0 Å². The van der Waals surface area contributed by atoms with Crippen LogP contribution in [0, 0.1) is 0 Å². The topological polar surface area (TPSA) is 38.9 Å². The van der Waals surface area contributed by atoms with Crippen LogP contribution in [0.5, 0.6) is 0 Å². The maximum absolute atomic E-state index is 4.56. The number of rotatable bonds is 0. The van der Waals surface area contributed by atoms with E-state index in [9.17, 15) is 0 Å². The van der Waals surface area contributed by atoms with E-state index in [1.54, 1.807) is 0 Å². The van der Waals surface area contributed by atoms with Crippen molar-refractivity contribution in [3.05, 3.63) is 11.7 Å². The molecule has 3 heterocycles. The highest BCUT2D eigenvalue weighted by atomic mass is 16.5. The van der Waals surface area contributed by atoms with Crippen molar-refractivity contribution in [2.75, 3.05) is 0 Å². The fourth-order valence-corrected chi connectivity index (χ4v) is 0.478. The van der Waals surface area contributed by atoms with Crippen LogP contribution in [0.2, 0.25) is 0 Å². The first-order chi connectivity index (χ1) is 2.95. The first kappa shape index (κ1) is 2.34. The summed E-state index contributed by atoms with van der Waals surface area (Å²) >= 11 is 0. The molecule has 2 bridgehead atoms. The van der Waals surface area contributed by atoms with Gasteiger partial charge in [0.2, 0.25) is 5.89 Å². The standard InChI is InChI=1S/C3H2N2O/c1-2-4-3(1)6-5-2/h1H2. The Morgan fingerprint density at radius 1 is 1.67 bits per heavy atom. The molecular weight excluding hydrogens is 80.0 g/mol. The summed E-state index contributed by atoms with van der Waals surface area (Å²) in [5, 5.41) is 3.52. The third kappa shape index (κ3) is 0.0976. The summed E-state index contributed by atoms with van der Waals surface area (Å²) in [7, 11) is 0. The third-order valence-corrected chi connectivity index (χ3v) is 0.819. The van der Waals surface area contributed by atoms with E-state index >= 15 is 0 Å². The summed E-state index contributed by atoms with van der Waals surface area (Å²) in [6.45, 7) is 0. The summed E-state index contributed by atoms with van der Waals surface area (Å²) in [4.78, 5) is 3.78. The first-order valence-corrected chi connectivity index (χ1v) is 1.76. The fraction of sp³-hybridized carbons (Fsp3) is 0.333. The molecule has 3 rings (SSSR count). The van der Waals surface area contributed by atoms with E-state index in [2.05, 4.69) is 14.7 Å². The van der Waals surface area contributed by atoms with Crippen molar-refractivity contribution in [2.45, 2.75) is 6.42 Å². The predicted molar refractivity (Wildman–Crippen MR) is 17.1 cm³/mol. The second-order valence-corrected chi connectivity index (χ2v) is 1.28. The number of hydrogen-bond acceptors (Lipinski definition) is 3. The number of fused-ring (bicyclic) bond motifs is 1. The van der Waals surface area contributed by atoms with Crippen molar-refractivity contribution >= 4 is 0 Å². The van der Waals surface area contributed by atoms with Crippen molar-refractivity contribution in [1.82, 2.24) is 10.1 Å². The molecule has 0 fully saturated rings. The van der Waals surface area contributed by atoms with Gasteiger partial charge in [-0.25, -0.2) is 0 Å². The molecule has 2 aliphatic rings. The third-order valence-electron chi connectivity index (χ3n) is 0.819. The minimum atomic E-state index is 0.769. The molecule has 0 amide bonds. The first-order valence-electron chi connectivity index (χ1n) is 1.76. The largest absolute Gasteiger partial charge is 0.339 e. The van der Waals surface area contributed by atoms with Crippen LogP contribution in [-0.2, 0) is 6.42 Å². The van der Waals surface area contributed by atoms with Gasteiger partial charge in [0.15, 0.2) is 5.82 Å². The Kier molecular flexibility index (Phi) is 0.190. The van der Waals surface area contributed by atoms with Crippen LogP contribution in [0.15, 0.2) is 4.52 Å². The maximum atomic E-state index is 4.56. The van der Waals surface area contributed by atoms with Crippen LogP contribution < -0.4 is 0 Å². The Labute approximate surface area is 34.0 Å². The monoisotopic (exact) mass is 82.0 g/mol. The fourth-order valence-electron chi connectivity index (χ4n) is 0.478. The second kappa shape index (κ2) is 0.489. The number of hydrogen-bond donors (Lipinski definition) is 0. The minimum Gasteiger partial charge on any atom is -0.339 e. The van der Waals surface area contributed by atoms with Crippen molar-refractivity contribution in [3.63, 3.8) is 0 Å². The molecule has 0 atom stereocenters. The van der Waals surface area contributed by atoms with Crippen molar-refractivity contribution in [1.29, 1.82) is 0 Å². The van der Waals surface area contributed by atoms with Gasteiger partial charge in [0, 0.05) is 0 Å². The van der Waals surface area contributed by atoms with Gasteiger partial charge in [-0.1, -0.05) is 5.16 Å². The van der Waals surface area contributed by atoms with E-state index in [0.717, 1.165) is 18.1 Å². The van der Waals surface area contributed by atoms with Gasteiger partial charge in [0.1, 0.15) is 0 Å². The molecule has 0 aromatic carbocycles. The average Bonchev–Trinajstić information content (AvgIpc) is 1.72. The van der Waals surface area contributed by atoms with E-state index in [1.807, 2.05) is 0 Å². The molecule has 0 radical (unpaired) electrons. The quantitative estimate of drug-likeness (QED) is 0.448. The smallest absolute Gasteiger partial charge is 0.234 e. The molecule has 3 nitrogen and oxygen atoms in total. The van der Waals surface area contributed by atoms with E-state index < -0.39 is 0 Å². The zero-order valence-corrected chi connectivity index (χ0v) is 3.01. The molecule has 6 heavy (non-hydrogen) atoms. The predicted octanol–water partition coefficient (Wildman–Crippen LogP) is -0.0262. The minimum absolute atomic E-state index is 0.769. The molecule has 0 saturated carbocycles. The molecule has 1 aromatic rings. The second-order valence-electron chi connectivity index (χ2n) is 1.28. The number of nitrogens with zero attached hydrogens (tertiary/aromatic N) is 2. The van der Waals surface area contributed by atoms with Crippen LogP contribution in [0.1, 0.15) is 11.7 Å². The Bertz CT molecular complexity index is 145. The van der Waals surface area contributed by atoms with Gasteiger partial charge in [-0.15, -0.1) is 0 Å². The molecule has 0 N–H and O–H groups in total. The van der Waals surface area contributed by atoms with Gasteiger partial charge in [0.05, 0.1) is 6.42 Å². The lowest BCUT2D eigenvalue weighted by atomic mass is 10.3. The van der Waals surface area contributed by atoms with Crippen LogP contribution in [0.3, 0.4) is 0 Å². The Morgan fingerprint density at radius 3 is 2.67 bits per heavy atom. The Morgan fingerprint density at radius 2 is 2.50 bits per heavy atom. The van der Waals surface area contributed by atoms with Crippen LogP contribution in [-0.4, -0.2) is 10.1 Å². The summed E-state index contributed by atoms with van der Waals surface area (Å²) in [5.74, 6) is 1.61. The maximum Gasteiger partial charge on any atom is 0.234 e. The molecule has 30 valence electrons. The summed E-state index contributed by atoms with van der Waals surface area (Å²) in [6, 6.07) is 0. The molecule has 1 aromatic heterocycles. The van der Waals surface area contributed by atoms with Gasteiger partial charge < -0.3 is 4.52 Å². The van der Waals surface area contributed by atoms with E-state index in [-0.39, 0.29) is 0 Å². The van der Waals surface area contributed by atoms with Gasteiger partial charge >= 0.3 is 0 Å². The average molecular weight is 82.1 g/mol. The van der Waals surface area contributed by atoms with Crippen LogP contribution in [0.4, 0.5) is 0 Å². The van der Waals surface area contributed by atoms with E-state index in [1.165, 1.54) is 0 Å². The lowest BCUT2D eigenvalue weighted by molar-refractivity contribution is 0.410. The lowest BCUT2D eigenvalue weighted by Crippen LogP contribution is -1.97. The highest BCUT2D eigenvalue weighted by molar-refractivity contribution is 5.04. The van der Waals surface area contributed by atoms with E-state index in [0.29, 0.717) is 0 Å². The zero-order chi connectivity index (χ0) is 3.98. The van der Waals surface area contributed by atoms with Gasteiger partial charge in [-0.05, 0) is 0 Å². The van der Waals surface area contributed by atoms with Crippen LogP contribution >= 0.6 is 0 Å². The Hall–Kier alpha value is -0.860. The van der Waals surface area contributed by atoms with E-state index in [4.69, 9.17) is 0 Å². The lowest BCUT2D eigenvalue weighted by Gasteiger charge is -1.87. The van der Waals surface area contributed by atoms with Crippen LogP contribution in [0.25, 0.3) is 0 Å². The normalized spacial score (nSPS) is 14.0. The molecular formula is C3H2N2O. The van der Waals surface area contributed by atoms with Gasteiger partial charge in [-0.2, -0.15) is 4.98 Å². The Balaban J connectivity index is 2.95. The summed E-state index contributed by atoms with van der Waals surface area (Å²) in [5.41, 5.74) is 0. The SMILES string of the molecule is C1c2noc1n2. The molecule has 0 saturated heterocycles. The molecule has 0 unspecified atom stereocenters. The summed E-state index contributed by atoms with van der Waals surface area (Å²) < 4.78 is 4.56. The molecule has 2 aliphatic heterocycles. The number of aromatic nitrogens is 2. The zero-order valence-electron chi connectivity index (χ0n) is 3.01. The molecule has 3 heteroatoms. The van der Waals surface area contributed by atoms with Crippen molar-refractivity contribution < 1.29 is 4.52 Å². The highest BCUT2D eigenvalue weighted by Crippen LogP contribution is 2.11. The van der Waals surface area contributed by atoms with Crippen molar-refractivity contribution in [3.8, 4) is 0 Å².